The predicted molar refractivity (Wildman–Crippen MR) is 64.2 cm³/mol. The third kappa shape index (κ3) is 1.94. The molecule has 2 rings (SSSR count). The Labute approximate surface area is 94.4 Å². The van der Waals surface area contributed by atoms with E-state index in [1.807, 2.05) is 24.3 Å². The van der Waals surface area contributed by atoms with Gasteiger partial charge in [0.25, 0.3) is 0 Å². The average molecular weight is 217 g/mol. The molecule has 16 heavy (non-hydrogen) atoms. The van der Waals surface area contributed by atoms with Crippen LogP contribution in [0.5, 0.6) is 0 Å². The molecular formula is C13H15NO2. The highest BCUT2D eigenvalue weighted by Gasteiger charge is 2.11. The maximum Gasteiger partial charge on any atom is 0.134 e. The van der Waals surface area contributed by atoms with E-state index in [1.165, 1.54) is 6.21 Å². The van der Waals surface area contributed by atoms with Gasteiger partial charge in [0.05, 0.1) is 6.21 Å². The van der Waals surface area contributed by atoms with Crippen molar-refractivity contribution in [3.05, 3.63) is 35.6 Å². The quantitative estimate of drug-likeness (QED) is 0.483. The molecule has 0 aliphatic carbocycles. The molecule has 0 fully saturated rings. The smallest absolute Gasteiger partial charge is 0.134 e. The number of benzene rings is 1. The molecule has 0 saturated carbocycles. The zero-order chi connectivity index (χ0) is 11.4. The van der Waals surface area contributed by atoms with Crippen LogP contribution < -0.4 is 0 Å². The highest BCUT2D eigenvalue weighted by Crippen LogP contribution is 2.25. The summed E-state index contributed by atoms with van der Waals surface area (Å²) in [6.07, 6.45) is 4.53. The second-order valence-corrected chi connectivity index (χ2v) is 3.78. The number of fused-ring (bicyclic) bond motifs is 1. The van der Waals surface area contributed by atoms with Crippen molar-refractivity contribution in [2.24, 2.45) is 5.16 Å². The van der Waals surface area contributed by atoms with Crippen molar-refractivity contribution < 1.29 is 9.62 Å². The van der Waals surface area contributed by atoms with Crippen LogP contribution in [-0.2, 0) is 6.42 Å². The fourth-order valence-corrected chi connectivity index (χ4v) is 1.84. The zero-order valence-electron chi connectivity index (χ0n) is 9.31. The van der Waals surface area contributed by atoms with Gasteiger partial charge in [-0.15, -0.1) is 0 Å². The van der Waals surface area contributed by atoms with Crippen molar-refractivity contribution in [1.29, 1.82) is 0 Å². The number of furan rings is 1. The molecule has 84 valence electrons. The molecule has 2 aromatic rings. The topological polar surface area (TPSA) is 45.7 Å². The van der Waals surface area contributed by atoms with Crippen LogP contribution in [0, 0.1) is 0 Å². The fraction of sp³-hybridized carbons (Fsp3) is 0.308. The molecule has 0 amide bonds. The van der Waals surface area contributed by atoms with Crippen LogP contribution >= 0.6 is 0 Å². The molecule has 0 atom stereocenters. The number of para-hydroxylation sites is 1. The highest BCUT2D eigenvalue weighted by atomic mass is 16.4. The number of hydrogen-bond donors (Lipinski definition) is 1. The molecule has 1 aromatic carbocycles. The Bertz CT molecular complexity index is 500. The number of rotatable bonds is 4. The summed E-state index contributed by atoms with van der Waals surface area (Å²) in [5, 5.41) is 12.8. The molecule has 0 bridgehead atoms. The van der Waals surface area contributed by atoms with Crippen molar-refractivity contribution in [3.8, 4) is 0 Å². The maximum absolute atomic E-state index is 8.68. The van der Waals surface area contributed by atoms with Gasteiger partial charge in [0.2, 0.25) is 0 Å². The summed E-state index contributed by atoms with van der Waals surface area (Å²) in [7, 11) is 0. The Hall–Kier alpha value is -1.77. The van der Waals surface area contributed by atoms with Crippen LogP contribution in [0.15, 0.2) is 33.8 Å². The number of nitrogens with zero attached hydrogens (tertiary/aromatic N) is 1. The van der Waals surface area contributed by atoms with Gasteiger partial charge in [-0.3, -0.25) is 0 Å². The second kappa shape index (κ2) is 4.84. The monoisotopic (exact) mass is 217 g/mol. The molecule has 1 heterocycles. The van der Waals surface area contributed by atoms with E-state index in [4.69, 9.17) is 9.62 Å². The van der Waals surface area contributed by atoms with Crippen LogP contribution in [0.3, 0.4) is 0 Å². The minimum atomic E-state index is 0.850. The van der Waals surface area contributed by atoms with Gasteiger partial charge in [-0.2, -0.15) is 0 Å². The van der Waals surface area contributed by atoms with Gasteiger partial charge < -0.3 is 9.62 Å². The van der Waals surface area contributed by atoms with Gasteiger partial charge in [-0.25, -0.2) is 0 Å². The summed E-state index contributed by atoms with van der Waals surface area (Å²) in [6.45, 7) is 2.14. The Kier molecular flexibility index (Phi) is 3.25. The van der Waals surface area contributed by atoms with E-state index in [9.17, 15) is 0 Å². The second-order valence-electron chi connectivity index (χ2n) is 3.78. The zero-order valence-corrected chi connectivity index (χ0v) is 9.31. The van der Waals surface area contributed by atoms with Crippen LogP contribution in [0.4, 0.5) is 0 Å². The summed E-state index contributed by atoms with van der Waals surface area (Å²) in [6, 6.07) is 7.80. The minimum absolute atomic E-state index is 0.850. The Morgan fingerprint density at radius 1 is 1.38 bits per heavy atom. The van der Waals surface area contributed by atoms with E-state index in [0.717, 1.165) is 41.6 Å². The molecule has 1 N–H and O–H groups in total. The first-order valence-corrected chi connectivity index (χ1v) is 5.54. The van der Waals surface area contributed by atoms with Crippen LogP contribution in [0.1, 0.15) is 31.1 Å². The van der Waals surface area contributed by atoms with E-state index in [1.54, 1.807) is 0 Å². The lowest BCUT2D eigenvalue weighted by atomic mass is 10.1. The normalized spacial score (nSPS) is 11.6. The summed E-state index contributed by atoms with van der Waals surface area (Å²) >= 11 is 0. The molecule has 3 nitrogen and oxygen atoms in total. The van der Waals surface area contributed by atoms with Crippen molar-refractivity contribution in [2.75, 3.05) is 0 Å². The lowest BCUT2D eigenvalue weighted by Crippen LogP contribution is -1.88. The van der Waals surface area contributed by atoms with E-state index in [-0.39, 0.29) is 0 Å². The van der Waals surface area contributed by atoms with Crippen LogP contribution in [-0.4, -0.2) is 11.4 Å². The van der Waals surface area contributed by atoms with Gasteiger partial charge in [0, 0.05) is 17.4 Å². The third-order valence-corrected chi connectivity index (χ3v) is 2.66. The molecule has 0 radical (unpaired) electrons. The average Bonchev–Trinajstić information content (AvgIpc) is 2.66. The molecule has 0 spiro atoms. The van der Waals surface area contributed by atoms with Crippen molar-refractivity contribution in [2.45, 2.75) is 26.2 Å². The number of unbranched alkanes of at least 4 members (excludes halogenated alkanes) is 1. The predicted octanol–water partition coefficient (Wildman–Crippen LogP) is 3.58. The Morgan fingerprint density at radius 2 is 2.19 bits per heavy atom. The third-order valence-electron chi connectivity index (χ3n) is 2.66. The number of aryl methyl sites for hydroxylation is 1. The Morgan fingerprint density at radius 3 is 2.94 bits per heavy atom. The lowest BCUT2D eigenvalue weighted by Gasteiger charge is -1.95. The van der Waals surface area contributed by atoms with E-state index < -0.39 is 0 Å². The first kappa shape index (κ1) is 10.7. The summed E-state index contributed by atoms with van der Waals surface area (Å²) in [4.78, 5) is 0. The Balaban J connectivity index is 2.49. The van der Waals surface area contributed by atoms with Gasteiger partial charge in [-0.1, -0.05) is 36.7 Å². The van der Waals surface area contributed by atoms with Gasteiger partial charge in [-0.05, 0) is 12.5 Å². The lowest BCUT2D eigenvalue weighted by molar-refractivity contribution is 0.321. The molecular weight excluding hydrogens is 202 g/mol. The first-order valence-electron chi connectivity index (χ1n) is 5.54. The van der Waals surface area contributed by atoms with Gasteiger partial charge >= 0.3 is 0 Å². The summed E-state index contributed by atoms with van der Waals surface area (Å²) in [5.74, 6) is 0.904. The van der Waals surface area contributed by atoms with Crippen molar-refractivity contribution in [3.63, 3.8) is 0 Å². The molecule has 0 saturated heterocycles. The van der Waals surface area contributed by atoms with Gasteiger partial charge in [0.1, 0.15) is 11.3 Å². The van der Waals surface area contributed by atoms with Gasteiger partial charge in [0.15, 0.2) is 0 Å². The molecule has 0 aliphatic rings. The summed E-state index contributed by atoms with van der Waals surface area (Å²) < 4.78 is 5.75. The highest BCUT2D eigenvalue weighted by molar-refractivity contribution is 5.99. The number of hydrogen-bond acceptors (Lipinski definition) is 3. The standard InChI is InChI=1S/C13H15NO2/c1-2-3-7-13-11(9-14-15)10-6-4-5-8-12(10)16-13/h4-6,8-9,15H,2-3,7H2,1H3. The van der Waals surface area contributed by atoms with Crippen LogP contribution in [0.2, 0.25) is 0 Å². The van der Waals surface area contributed by atoms with Crippen molar-refractivity contribution >= 4 is 17.2 Å². The molecule has 0 unspecified atom stereocenters. The van der Waals surface area contributed by atoms with Crippen LogP contribution in [0.25, 0.3) is 11.0 Å². The maximum atomic E-state index is 8.68. The fourth-order valence-electron chi connectivity index (χ4n) is 1.84. The minimum Gasteiger partial charge on any atom is -0.460 e. The summed E-state index contributed by atoms with van der Waals surface area (Å²) in [5.41, 5.74) is 1.75. The first-order chi connectivity index (χ1) is 7.86. The molecule has 1 aromatic heterocycles. The molecule has 0 aliphatic heterocycles. The number of oxime groups is 1. The largest absolute Gasteiger partial charge is 0.460 e. The van der Waals surface area contributed by atoms with E-state index in [0.29, 0.717) is 0 Å². The van der Waals surface area contributed by atoms with Crippen molar-refractivity contribution in [1.82, 2.24) is 0 Å². The van der Waals surface area contributed by atoms with E-state index in [2.05, 4.69) is 12.1 Å². The molecule has 3 heteroatoms. The van der Waals surface area contributed by atoms with E-state index >= 15 is 0 Å². The SMILES string of the molecule is CCCCc1oc2ccccc2c1C=NO.